The molecular weight excluding hydrogens is 258 g/mol. The van der Waals surface area contributed by atoms with E-state index in [9.17, 15) is 10.1 Å². The number of rotatable bonds is 4. The predicted octanol–water partition coefficient (Wildman–Crippen LogP) is 3.44. The van der Waals surface area contributed by atoms with Crippen LogP contribution in [0.5, 0.6) is 11.6 Å². The van der Waals surface area contributed by atoms with Crippen LogP contribution in [0.2, 0.25) is 0 Å². The van der Waals surface area contributed by atoms with Gasteiger partial charge in [0.1, 0.15) is 11.6 Å². The molecule has 0 amide bonds. The number of nitro groups is 1. The standard InChI is InChI=1S/C14H15N3O3/c1-9-4-5-12(6-10(9)2)20-14-8-11(17(18)19)7-13(15-3)16-14/h4-8H,1-3H3,(H,15,16). The van der Waals surface area contributed by atoms with Crippen LogP contribution in [0.4, 0.5) is 11.5 Å². The second-order valence-electron chi connectivity index (χ2n) is 4.40. The van der Waals surface area contributed by atoms with E-state index in [1.165, 1.54) is 12.1 Å². The van der Waals surface area contributed by atoms with Crippen molar-refractivity contribution in [3.63, 3.8) is 0 Å². The van der Waals surface area contributed by atoms with Crippen LogP contribution in [-0.2, 0) is 0 Å². The summed E-state index contributed by atoms with van der Waals surface area (Å²) in [6.07, 6.45) is 0. The van der Waals surface area contributed by atoms with E-state index in [0.29, 0.717) is 11.6 Å². The zero-order valence-electron chi connectivity index (χ0n) is 11.5. The van der Waals surface area contributed by atoms with Crippen molar-refractivity contribution in [2.24, 2.45) is 0 Å². The average molecular weight is 273 g/mol. The van der Waals surface area contributed by atoms with E-state index in [0.717, 1.165) is 11.1 Å². The first-order valence-electron chi connectivity index (χ1n) is 6.09. The van der Waals surface area contributed by atoms with Crippen LogP contribution in [0.15, 0.2) is 30.3 Å². The zero-order valence-corrected chi connectivity index (χ0v) is 11.5. The number of ether oxygens (including phenoxy) is 1. The molecule has 0 fully saturated rings. The average Bonchev–Trinajstić information content (AvgIpc) is 2.42. The number of hydrogen-bond donors (Lipinski definition) is 1. The molecule has 1 N–H and O–H groups in total. The molecule has 0 saturated carbocycles. The number of hydrogen-bond acceptors (Lipinski definition) is 5. The van der Waals surface area contributed by atoms with Gasteiger partial charge in [-0.05, 0) is 37.1 Å². The molecule has 0 spiro atoms. The summed E-state index contributed by atoms with van der Waals surface area (Å²) in [5.74, 6) is 1.17. The summed E-state index contributed by atoms with van der Waals surface area (Å²) >= 11 is 0. The molecule has 6 heteroatoms. The van der Waals surface area contributed by atoms with Gasteiger partial charge in [0.05, 0.1) is 17.1 Å². The number of nitrogens with zero attached hydrogens (tertiary/aromatic N) is 2. The monoisotopic (exact) mass is 273 g/mol. The Morgan fingerprint density at radius 3 is 2.55 bits per heavy atom. The van der Waals surface area contributed by atoms with Gasteiger partial charge in [-0.1, -0.05) is 6.07 Å². The Morgan fingerprint density at radius 2 is 1.95 bits per heavy atom. The highest BCUT2D eigenvalue weighted by Crippen LogP contribution is 2.27. The van der Waals surface area contributed by atoms with Crippen molar-refractivity contribution in [2.75, 3.05) is 12.4 Å². The maximum Gasteiger partial charge on any atom is 0.278 e. The number of aryl methyl sites for hydroxylation is 2. The van der Waals surface area contributed by atoms with Crippen molar-refractivity contribution in [2.45, 2.75) is 13.8 Å². The highest BCUT2D eigenvalue weighted by atomic mass is 16.6. The van der Waals surface area contributed by atoms with E-state index in [1.54, 1.807) is 7.05 Å². The zero-order chi connectivity index (χ0) is 14.7. The fraction of sp³-hybridized carbons (Fsp3) is 0.214. The fourth-order valence-electron chi connectivity index (χ4n) is 1.68. The van der Waals surface area contributed by atoms with Gasteiger partial charge >= 0.3 is 0 Å². The lowest BCUT2D eigenvalue weighted by Gasteiger charge is -2.08. The number of nitrogens with one attached hydrogen (secondary N) is 1. The molecule has 0 aliphatic carbocycles. The van der Waals surface area contributed by atoms with E-state index in [1.807, 2.05) is 32.0 Å². The van der Waals surface area contributed by atoms with Crippen molar-refractivity contribution in [3.05, 3.63) is 51.6 Å². The van der Waals surface area contributed by atoms with Crippen molar-refractivity contribution in [1.82, 2.24) is 4.98 Å². The van der Waals surface area contributed by atoms with Gasteiger partial charge in [-0.3, -0.25) is 10.1 Å². The van der Waals surface area contributed by atoms with Crippen LogP contribution in [0.3, 0.4) is 0 Å². The van der Waals surface area contributed by atoms with E-state index >= 15 is 0 Å². The summed E-state index contributed by atoms with van der Waals surface area (Å²) in [6, 6.07) is 8.26. The van der Waals surface area contributed by atoms with Gasteiger partial charge in [0.2, 0.25) is 5.88 Å². The lowest BCUT2D eigenvalue weighted by molar-refractivity contribution is -0.384. The van der Waals surface area contributed by atoms with E-state index in [2.05, 4.69) is 10.3 Å². The minimum Gasteiger partial charge on any atom is -0.439 e. The molecule has 1 aromatic heterocycles. The van der Waals surface area contributed by atoms with Gasteiger partial charge < -0.3 is 10.1 Å². The van der Waals surface area contributed by atoms with Gasteiger partial charge in [-0.2, -0.15) is 4.98 Å². The Bertz CT molecular complexity index is 656. The molecule has 0 aliphatic heterocycles. The Hall–Kier alpha value is -2.63. The van der Waals surface area contributed by atoms with Gasteiger partial charge in [-0.15, -0.1) is 0 Å². The van der Waals surface area contributed by atoms with E-state index in [-0.39, 0.29) is 11.6 Å². The molecule has 0 unspecified atom stereocenters. The third-order valence-electron chi connectivity index (χ3n) is 2.95. The molecule has 6 nitrogen and oxygen atoms in total. The van der Waals surface area contributed by atoms with Gasteiger partial charge in [0, 0.05) is 7.05 Å². The second-order valence-corrected chi connectivity index (χ2v) is 4.40. The Balaban J connectivity index is 2.34. The first kappa shape index (κ1) is 13.8. The lowest BCUT2D eigenvalue weighted by atomic mass is 10.1. The first-order chi connectivity index (χ1) is 9.49. The maximum absolute atomic E-state index is 10.9. The minimum absolute atomic E-state index is 0.0665. The second kappa shape index (κ2) is 5.56. The van der Waals surface area contributed by atoms with E-state index < -0.39 is 4.92 Å². The molecule has 0 aliphatic rings. The highest BCUT2D eigenvalue weighted by Gasteiger charge is 2.12. The third kappa shape index (κ3) is 3.03. The summed E-state index contributed by atoms with van der Waals surface area (Å²) < 4.78 is 5.59. The summed E-state index contributed by atoms with van der Waals surface area (Å²) in [5.41, 5.74) is 2.17. The number of benzene rings is 1. The number of anilines is 1. The van der Waals surface area contributed by atoms with Crippen LogP contribution in [-0.4, -0.2) is 17.0 Å². The summed E-state index contributed by atoms with van der Waals surface area (Å²) in [4.78, 5) is 14.5. The molecule has 20 heavy (non-hydrogen) atoms. The van der Waals surface area contributed by atoms with Crippen LogP contribution >= 0.6 is 0 Å². The summed E-state index contributed by atoms with van der Waals surface area (Å²) in [6.45, 7) is 3.98. The fourth-order valence-corrected chi connectivity index (χ4v) is 1.68. The highest BCUT2D eigenvalue weighted by molar-refractivity contribution is 5.49. The topological polar surface area (TPSA) is 77.3 Å². The minimum atomic E-state index is -0.476. The van der Waals surface area contributed by atoms with Crippen molar-refractivity contribution in [3.8, 4) is 11.6 Å². The summed E-state index contributed by atoms with van der Waals surface area (Å²) in [7, 11) is 1.64. The Labute approximate surface area is 116 Å². The smallest absolute Gasteiger partial charge is 0.278 e. The molecule has 1 aromatic carbocycles. The summed E-state index contributed by atoms with van der Waals surface area (Å²) in [5, 5.41) is 13.6. The molecule has 2 rings (SSSR count). The normalized spacial score (nSPS) is 10.2. The SMILES string of the molecule is CNc1cc([N+](=O)[O-])cc(Oc2ccc(C)c(C)c2)n1. The first-order valence-corrected chi connectivity index (χ1v) is 6.09. The van der Waals surface area contributed by atoms with Crippen LogP contribution in [0.25, 0.3) is 0 Å². The lowest BCUT2D eigenvalue weighted by Crippen LogP contribution is -1.98. The quantitative estimate of drug-likeness (QED) is 0.682. The molecule has 1 heterocycles. The van der Waals surface area contributed by atoms with Gasteiger partial charge in [-0.25, -0.2) is 0 Å². The van der Waals surface area contributed by atoms with Gasteiger partial charge in [0.25, 0.3) is 5.69 Å². The molecule has 0 radical (unpaired) electrons. The van der Waals surface area contributed by atoms with Crippen LogP contribution in [0, 0.1) is 24.0 Å². The molecule has 2 aromatic rings. The van der Waals surface area contributed by atoms with Crippen molar-refractivity contribution >= 4 is 11.5 Å². The number of aromatic nitrogens is 1. The largest absolute Gasteiger partial charge is 0.439 e. The third-order valence-corrected chi connectivity index (χ3v) is 2.95. The van der Waals surface area contributed by atoms with Crippen molar-refractivity contribution in [1.29, 1.82) is 0 Å². The molecular formula is C14H15N3O3. The van der Waals surface area contributed by atoms with E-state index in [4.69, 9.17) is 4.74 Å². The Kier molecular flexibility index (Phi) is 3.84. The molecule has 0 saturated heterocycles. The van der Waals surface area contributed by atoms with Gasteiger partial charge in [0.15, 0.2) is 0 Å². The Morgan fingerprint density at radius 1 is 1.20 bits per heavy atom. The molecule has 0 atom stereocenters. The molecule has 104 valence electrons. The predicted molar refractivity (Wildman–Crippen MR) is 76.4 cm³/mol. The van der Waals surface area contributed by atoms with Crippen LogP contribution < -0.4 is 10.1 Å². The van der Waals surface area contributed by atoms with Crippen LogP contribution in [0.1, 0.15) is 11.1 Å². The van der Waals surface area contributed by atoms with Crippen molar-refractivity contribution < 1.29 is 9.66 Å². The molecule has 0 bridgehead atoms. The number of pyridine rings is 1. The maximum atomic E-state index is 10.9.